The molecule has 3 aliphatic heterocycles. The maximum Gasteiger partial charge on any atom is 0.326 e. The molecular weight excluding hydrogens is 1050 g/mol. The van der Waals surface area contributed by atoms with Crippen LogP contribution in [0.2, 0.25) is 19.1 Å². The van der Waals surface area contributed by atoms with Gasteiger partial charge in [-0.3, -0.25) is 24.2 Å². The largest absolute Gasteiger partial charge is 0.480 e. The second-order valence-corrected chi connectivity index (χ2v) is 27.7. The van der Waals surface area contributed by atoms with Gasteiger partial charge in [0.1, 0.15) is 17.5 Å². The number of urea groups is 1. The number of carboxylic acid groups (broad SMARTS) is 2. The van der Waals surface area contributed by atoms with Crippen LogP contribution in [0.15, 0.2) is 83.8 Å². The molecule has 3 aromatic heterocycles. The number of H-pyrrole nitrogens is 2. The lowest BCUT2D eigenvalue weighted by Crippen LogP contribution is -2.61. The van der Waals surface area contributed by atoms with Gasteiger partial charge in [0.05, 0.1) is 31.1 Å². The molecule has 2 bridgehead atoms. The Morgan fingerprint density at radius 2 is 1.71 bits per heavy atom. The number of hydrogen-bond donors (Lipinski definition) is 9. The molecule has 0 saturated carbocycles. The molecule has 2 saturated heterocycles. The second-order valence-electron chi connectivity index (χ2n) is 21.4. The Balaban J connectivity index is 0.768. The van der Waals surface area contributed by atoms with Crippen LogP contribution in [0.1, 0.15) is 73.3 Å². The summed E-state index contributed by atoms with van der Waals surface area (Å²) < 4.78 is 12.2. The summed E-state index contributed by atoms with van der Waals surface area (Å²) in [4.78, 5) is 113. The number of aromatic amines is 2. The molecule has 6 aromatic rings. The minimum atomic E-state index is -2.72. The molecule has 415 valence electrons. The lowest BCUT2D eigenvalue weighted by molar-refractivity contribution is -0.148. The number of aliphatic carboxylic acids is 2. The van der Waals surface area contributed by atoms with Crippen molar-refractivity contribution in [1.82, 2.24) is 45.4 Å². The smallest absolute Gasteiger partial charge is 0.326 e. The Labute approximate surface area is 457 Å². The standard InChI is InChI=1S/C54H65N12O11Si2/c1-6-54(24-31-23-53(2,50(74)76-3)44-38(21-22-65(27-31)29-54)37-9-7-8-10-39(37)60-44)64-52(75)59-34-15-17-36(18-16-34)79(4,5)77-78-28-41(49(72)73)66(30-78)42(67)20-19-40(48(70)71)61-46(68)32-11-13-33(14-12-32)56-25-35-26-57-45-43(58-35)47(69)63-51(55)62-45/h7-18,26,31,40-41,56,60H,6,19-25,27-30H2,1-5H3,(H,61,68)(H,70,71)(H,72,73)(H2,59,64,75)(H3,55,57,62,63,69)/t31?,40-,41?,53+,54-/m0/s1. The lowest BCUT2D eigenvalue weighted by atomic mass is 9.71. The fourth-order valence-electron chi connectivity index (χ4n) is 11.5. The number of nitrogens with one attached hydrogen (secondary N) is 6. The van der Waals surface area contributed by atoms with Crippen molar-refractivity contribution in [3.05, 3.63) is 112 Å². The molecule has 9 rings (SSSR count). The fourth-order valence-corrected chi connectivity index (χ4v) is 18.1. The molecule has 0 spiro atoms. The number of methoxy groups -OCH3 is 1. The van der Waals surface area contributed by atoms with Crippen LogP contribution in [0.3, 0.4) is 0 Å². The van der Waals surface area contributed by atoms with Crippen molar-refractivity contribution < 1.29 is 47.8 Å². The first-order valence-corrected chi connectivity index (χ1v) is 30.9. The Morgan fingerprint density at radius 1 is 0.975 bits per heavy atom. The Bertz CT molecular complexity index is 3380. The third-order valence-corrected chi connectivity index (χ3v) is 22.0. The Morgan fingerprint density at radius 3 is 2.42 bits per heavy atom. The highest BCUT2D eigenvalue weighted by molar-refractivity contribution is 6.89. The van der Waals surface area contributed by atoms with Gasteiger partial charge >= 0.3 is 23.9 Å². The van der Waals surface area contributed by atoms with E-state index in [4.69, 9.17) is 14.6 Å². The number of carboxylic acids is 2. The second kappa shape index (κ2) is 22.8. The Hall–Kier alpha value is -8.01. The SMILES string of the molecule is CC[C@]1(NC(=O)Nc2ccc([Si](C)(C)O[Si]3CC(C(=O)O)N(C(=O)CC[C@H](NC(=O)c4ccc(NCc5cnc6nc(N)[nH]c(=O)c6n5)cc4)C(=O)O)C3)cc2)CC2CN(CCc3c([nH]c4ccccc34)[C@](C)(C(=O)OC)C2)C1. The minimum absolute atomic E-state index is 0.0270. The van der Waals surface area contributed by atoms with Crippen molar-refractivity contribution in [1.29, 1.82) is 0 Å². The number of ether oxygens (including phenoxy) is 1. The number of esters is 1. The third kappa shape index (κ3) is 12.2. The van der Waals surface area contributed by atoms with Crippen LogP contribution in [0.5, 0.6) is 0 Å². The van der Waals surface area contributed by atoms with Crippen LogP contribution in [-0.4, -0.2) is 149 Å². The molecule has 6 atom stereocenters. The van der Waals surface area contributed by atoms with Crippen molar-refractivity contribution in [3.63, 3.8) is 0 Å². The van der Waals surface area contributed by atoms with Gasteiger partial charge in [-0.2, -0.15) is 4.98 Å². The highest BCUT2D eigenvalue weighted by atomic mass is 28.4. The summed E-state index contributed by atoms with van der Waals surface area (Å²) in [6.07, 6.45) is 3.51. The van der Waals surface area contributed by atoms with E-state index in [-0.39, 0.29) is 72.2 Å². The Kier molecular flexibility index (Phi) is 16.1. The van der Waals surface area contributed by atoms with Gasteiger partial charge in [0.15, 0.2) is 11.2 Å². The predicted molar refractivity (Wildman–Crippen MR) is 298 cm³/mol. The van der Waals surface area contributed by atoms with E-state index < -0.39 is 69.7 Å². The highest BCUT2D eigenvalue weighted by Gasteiger charge is 2.48. The zero-order valence-electron chi connectivity index (χ0n) is 44.6. The number of piperidine rings is 1. The maximum absolute atomic E-state index is 13.9. The van der Waals surface area contributed by atoms with Crippen LogP contribution in [0.4, 0.5) is 22.1 Å². The van der Waals surface area contributed by atoms with Crippen LogP contribution in [0, 0.1) is 5.92 Å². The number of aromatic nitrogens is 5. The molecule has 3 unspecified atom stereocenters. The molecular formula is C54H65N12O11Si2. The van der Waals surface area contributed by atoms with Crippen LogP contribution in [-0.2, 0) is 46.4 Å². The quantitative estimate of drug-likeness (QED) is 0.0461. The molecule has 25 heteroatoms. The third-order valence-electron chi connectivity index (χ3n) is 15.5. The van der Waals surface area contributed by atoms with E-state index in [9.17, 15) is 43.8 Å². The van der Waals surface area contributed by atoms with E-state index in [0.717, 1.165) is 46.9 Å². The molecule has 1 radical (unpaired) electrons. The first-order chi connectivity index (χ1) is 37.7. The summed E-state index contributed by atoms with van der Waals surface area (Å²) in [7, 11) is -3.18. The number of anilines is 3. The summed E-state index contributed by atoms with van der Waals surface area (Å²) in [6.45, 7) is 10.4. The fraction of sp³-hybridized carbons (Fsp3) is 0.407. The number of carbonyl (C=O) groups is 6. The number of rotatable bonds is 17. The zero-order chi connectivity index (χ0) is 56.4. The maximum atomic E-state index is 13.9. The number of benzene rings is 3. The number of nitrogens with zero attached hydrogens (tertiary/aromatic N) is 5. The van der Waals surface area contributed by atoms with Gasteiger partial charge in [0.25, 0.3) is 11.5 Å². The number of nitrogen functional groups attached to an aromatic ring is 1. The van der Waals surface area contributed by atoms with E-state index in [1.54, 1.807) is 12.1 Å². The van der Waals surface area contributed by atoms with Gasteiger partial charge in [-0.05, 0) is 117 Å². The molecule has 3 aromatic carbocycles. The van der Waals surface area contributed by atoms with E-state index in [2.05, 4.69) is 64.1 Å². The lowest BCUT2D eigenvalue weighted by Gasteiger charge is -2.47. The summed E-state index contributed by atoms with van der Waals surface area (Å²) in [5.74, 6) is -4.11. The summed E-state index contributed by atoms with van der Waals surface area (Å²) in [5, 5.41) is 34.2. The molecule has 2 fully saturated rings. The van der Waals surface area contributed by atoms with E-state index >= 15 is 0 Å². The van der Waals surface area contributed by atoms with Gasteiger partial charge < -0.3 is 60.8 Å². The van der Waals surface area contributed by atoms with Gasteiger partial charge in [0.2, 0.25) is 29.2 Å². The summed E-state index contributed by atoms with van der Waals surface area (Å²) in [6, 6.07) is 18.9. The van der Waals surface area contributed by atoms with Crippen molar-refractivity contribution in [2.24, 2.45) is 5.92 Å². The molecule has 10 N–H and O–H groups in total. The topological polar surface area (TPSA) is 329 Å². The molecule has 0 aliphatic carbocycles. The average molecular weight is 1110 g/mol. The summed E-state index contributed by atoms with van der Waals surface area (Å²) in [5.41, 5.74) is 8.45. The summed E-state index contributed by atoms with van der Waals surface area (Å²) >= 11 is 0. The molecule has 6 heterocycles. The van der Waals surface area contributed by atoms with E-state index in [1.165, 1.54) is 30.3 Å². The van der Waals surface area contributed by atoms with Gasteiger partial charge in [-0.25, -0.2) is 24.4 Å². The number of carbonyl (C=O) groups excluding carboxylic acids is 4. The number of nitrogens with two attached hydrogens (primary N) is 1. The minimum Gasteiger partial charge on any atom is -0.480 e. The van der Waals surface area contributed by atoms with Crippen LogP contribution in [0.25, 0.3) is 22.1 Å². The van der Waals surface area contributed by atoms with Crippen molar-refractivity contribution in [3.8, 4) is 0 Å². The van der Waals surface area contributed by atoms with E-state index in [0.29, 0.717) is 42.9 Å². The van der Waals surface area contributed by atoms with Gasteiger partial charge in [0, 0.05) is 65.8 Å². The molecule has 4 amide bonds. The molecule has 79 heavy (non-hydrogen) atoms. The monoisotopic (exact) mass is 1110 g/mol. The predicted octanol–water partition coefficient (Wildman–Crippen LogP) is 3.98. The average Bonchev–Trinajstić information content (AvgIpc) is 4.24. The van der Waals surface area contributed by atoms with Crippen LogP contribution >= 0.6 is 0 Å². The normalized spacial score (nSPS) is 21.7. The van der Waals surface area contributed by atoms with Crippen molar-refractivity contribution in [2.45, 2.75) is 101 Å². The number of para-hydroxylation sites is 1. The van der Waals surface area contributed by atoms with E-state index in [1.807, 2.05) is 62.5 Å². The first kappa shape index (κ1) is 55.7. The van der Waals surface area contributed by atoms with Crippen molar-refractivity contribution >= 4 is 97.7 Å². The molecule has 3 aliphatic rings. The van der Waals surface area contributed by atoms with Gasteiger partial charge in [-0.1, -0.05) is 37.3 Å². The number of fused-ring (bicyclic) bond motifs is 6. The van der Waals surface area contributed by atoms with Crippen LogP contribution < -0.4 is 37.7 Å². The highest BCUT2D eigenvalue weighted by Crippen LogP contribution is 2.43. The number of hydrogen-bond acceptors (Lipinski definition) is 15. The first-order valence-electron chi connectivity index (χ1n) is 26.2. The van der Waals surface area contributed by atoms with Gasteiger partial charge in [-0.15, -0.1) is 0 Å². The zero-order valence-corrected chi connectivity index (χ0v) is 46.6. The van der Waals surface area contributed by atoms with Crippen molar-refractivity contribution in [2.75, 3.05) is 49.3 Å². The molecule has 23 nitrogen and oxygen atoms in total. The number of amides is 4.